The van der Waals surface area contributed by atoms with Crippen molar-refractivity contribution in [2.24, 2.45) is 5.84 Å². The summed E-state index contributed by atoms with van der Waals surface area (Å²) in [5.74, 6) is 6.02. The number of hydrogen-bond acceptors (Lipinski definition) is 2. The number of unbranched alkanes of at least 4 members (excludes halogenated alkanes) is 3. The first-order valence-corrected chi connectivity index (χ1v) is 8.51. The van der Waals surface area contributed by atoms with Crippen LogP contribution in [0.4, 0.5) is 5.69 Å². The first-order chi connectivity index (χ1) is 11.2. The molecule has 3 nitrogen and oxygen atoms in total. The van der Waals surface area contributed by atoms with Crippen LogP contribution in [0.25, 0.3) is 11.1 Å². The summed E-state index contributed by atoms with van der Waals surface area (Å²) in [6, 6.07) is 16.1. The first-order valence-electron chi connectivity index (χ1n) is 8.51. The van der Waals surface area contributed by atoms with Gasteiger partial charge < -0.3 is 0 Å². The Morgan fingerprint density at radius 2 is 1.65 bits per heavy atom. The van der Waals surface area contributed by atoms with E-state index in [4.69, 9.17) is 5.84 Å². The molecule has 0 saturated heterocycles. The van der Waals surface area contributed by atoms with Crippen molar-refractivity contribution in [1.29, 1.82) is 0 Å². The number of carbonyl (C=O) groups excluding carboxylic acids is 1. The Kier molecular flexibility index (Phi) is 4.77. The SMILES string of the molecule is CCCCCCC1C(=O)N(N)c2ccccc2-c2ccccc21. The van der Waals surface area contributed by atoms with Crippen molar-refractivity contribution in [2.75, 3.05) is 5.01 Å². The highest BCUT2D eigenvalue weighted by atomic mass is 16.2. The van der Waals surface area contributed by atoms with Gasteiger partial charge in [0.25, 0.3) is 0 Å². The van der Waals surface area contributed by atoms with Gasteiger partial charge in [-0.05, 0) is 23.6 Å². The molecule has 1 atom stereocenters. The fraction of sp³-hybridized carbons (Fsp3) is 0.350. The minimum Gasteiger partial charge on any atom is -0.272 e. The molecule has 23 heavy (non-hydrogen) atoms. The Hall–Kier alpha value is -2.13. The van der Waals surface area contributed by atoms with Gasteiger partial charge in [0.05, 0.1) is 11.6 Å². The van der Waals surface area contributed by atoms with Crippen molar-refractivity contribution >= 4 is 11.6 Å². The lowest BCUT2D eigenvalue weighted by atomic mass is 9.87. The summed E-state index contributed by atoms with van der Waals surface area (Å²) >= 11 is 0. The third kappa shape index (κ3) is 3.02. The van der Waals surface area contributed by atoms with E-state index in [1.807, 2.05) is 36.4 Å². The molecule has 2 aromatic rings. The van der Waals surface area contributed by atoms with E-state index >= 15 is 0 Å². The van der Waals surface area contributed by atoms with E-state index in [0.29, 0.717) is 0 Å². The Balaban J connectivity index is 2.01. The molecule has 0 spiro atoms. The number of nitrogens with two attached hydrogens (primary N) is 1. The van der Waals surface area contributed by atoms with Crippen LogP contribution in [-0.4, -0.2) is 5.91 Å². The van der Waals surface area contributed by atoms with Crippen molar-refractivity contribution in [3.63, 3.8) is 0 Å². The number of fused-ring (bicyclic) bond motifs is 3. The number of nitrogens with zero attached hydrogens (tertiary/aromatic N) is 1. The molecule has 120 valence electrons. The van der Waals surface area contributed by atoms with Crippen LogP contribution in [0, 0.1) is 0 Å². The molecule has 3 heteroatoms. The van der Waals surface area contributed by atoms with Crippen molar-refractivity contribution in [1.82, 2.24) is 0 Å². The Morgan fingerprint density at radius 1 is 0.957 bits per heavy atom. The summed E-state index contributed by atoms with van der Waals surface area (Å²) in [6.45, 7) is 2.20. The number of rotatable bonds is 5. The van der Waals surface area contributed by atoms with Gasteiger partial charge in [0, 0.05) is 5.56 Å². The Bertz CT molecular complexity index is 696. The lowest BCUT2D eigenvalue weighted by molar-refractivity contribution is -0.120. The quantitative estimate of drug-likeness (QED) is 0.497. The number of anilines is 1. The number of para-hydroxylation sites is 1. The van der Waals surface area contributed by atoms with Gasteiger partial charge in [-0.3, -0.25) is 4.79 Å². The monoisotopic (exact) mass is 308 g/mol. The van der Waals surface area contributed by atoms with E-state index in [1.54, 1.807) is 0 Å². The van der Waals surface area contributed by atoms with Gasteiger partial charge in [-0.15, -0.1) is 0 Å². The first kappa shape index (κ1) is 15.8. The van der Waals surface area contributed by atoms with Crippen LogP contribution in [0.5, 0.6) is 0 Å². The molecule has 3 rings (SSSR count). The smallest absolute Gasteiger partial charge is 0.248 e. The highest BCUT2D eigenvalue weighted by molar-refractivity contribution is 6.04. The van der Waals surface area contributed by atoms with Gasteiger partial charge in [-0.2, -0.15) is 0 Å². The van der Waals surface area contributed by atoms with Crippen molar-refractivity contribution < 1.29 is 4.79 Å². The summed E-state index contributed by atoms with van der Waals surface area (Å²) in [5.41, 5.74) is 4.07. The van der Waals surface area contributed by atoms with Gasteiger partial charge in [0.1, 0.15) is 0 Å². The summed E-state index contributed by atoms with van der Waals surface area (Å²) in [6.07, 6.45) is 5.50. The zero-order chi connectivity index (χ0) is 16.2. The third-order valence-electron chi connectivity index (χ3n) is 4.67. The second-order valence-corrected chi connectivity index (χ2v) is 6.21. The maximum atomic E-state index is 12.9. The third-order valence-corrected chi connectivity index (χ3v) is 4.67. The van der Waals surface area contributed by atoms with Crippen molar-refractivity contribution in [2.45, 2.75) is 44.9 Å². The molecule has 0 fully saturated rings. The van der Waals surface area contributed by atoms with Crippen LogP contribution >= 0.6 is 0 Å². The largest absolute Gasteiger partial charge is 0.272 e. The predicted octanol–water partition coefficient (Wildman–Crippen LogP) is 4.63. The number of hydrazine groups is 1. The number of carbonyl (C=O) groups is 1. The average Bonchev–Trinajstić information content (AvgIpc) is 2.68. The zero-order valence-electron chi connectivity index (χ0n) is 13.7. The van der Waals surface area contributed by atoms with Crippen LogP contribution in [0.15, 0.2) is 48.5 Å². The van der Waals surface area contributed by atoms with E-state index in [2.05, 4.69) is 19.1 Å². The van der Waals surface area contributed by atoms with E-state index in [9.17, 15) is 4.79 Å². The van der Waals surface area contributed by atoms with Crippen molar-refractivity contribution in [3.8, 4) is 11.1 Å². The normalized spacial score (nSPS) is 16.7. The molecule has 2 N–H and O–H groups in total. The molecule has 1 heterocycles. The van der Waals surface area contributed by atoms with Crippen LogP contribution in [-0.2, 0) is 4.79 Å². The lowest BCUT2D eigenvalue weighted by Gasteiger charge is -2.21. The number of amides is 1. The summed E-state index contributed by atoms with van der Waals surface area (Å²) in [4.78, 5) is 12.9. The summed E-state index contributed by atoms with van der Waals surface area (Å²) in [5, 5.41) is 1.35. The van der Waals surface area contributed by atoms with Gasteiger partial charge in [-0.25, -0.2) is 10.9 Å². The summed E-state index contributed by atoms with van der Waals surface area (Å²) < 4.78 is 0. The maximum Gasteiger partial charge on any atom is 0.248 e. The molecular formula is C20H24N2O. The Labute approximate surface area is 138 Å². The average molecular weight is 308 g/mol. The molecular weight excluding hydrogens is 284 g/mol. The summed E-state index contributed by atoms with van der Waals surface area (Å²) in [7, 11) is 0. The molecule has 0 radical (unpaired) electrons. The molecule has 0 saturated carbocycles. The molecule has 1 aliphatic rings. The highest BCUT2D eigenvalue weighted by Gasteiger charge is 2.31. The predicted molar refractivity (Wildman–Crippen MR) is 95.1 cm³/mol. The van der Waals surface area contributed by atoms with Gasteiger partial charge in [-0.1, -0.05) is 75.1 Å². The van der Waals surface area contributed by atoms with Crippen molar-refractivity contribution in [3.05, 3.63) is 54.1 Å². The van der Waals surface area contributed by atoms with E-state index in [1.165, 1.54) is 24.3 Å². The molecule has 2 aromatic carbocycles. The molecule has 0 aromatic heterocycles. The second-order valence-electron chi connectivity index (χ2n) is 6.21. The molecule has 0 bridgehead atoms. The number of hydrogen-bond donors (Lipinski definition) is 1. The zero-order valence-corrected chi connectivity index (χ0v) is 13.7. The fourth-order valence-corrected chi connectivity index (χ4v) is 3.43. The maximum absolute atomic E-state index is 12.9. The van der Waals surface area contributed by atoms with Gasteiger partial charge in [0.15, 0.2) is 0 Å². The molecule has 1 unspecified atom stereocenters. The minimum atomic E-state index is -0.152. The van der Waals surface area contributed by atoms with Gasteiger partial charge >= 0.3 is 0 Å². The standard InChI is InChI=1S/C20H24N2O/c1-2-3-4-5-13-18-16-11-7-6-10-15(16)17-12-8-9-14-19(17)22(21)20(18)23/h6-12,14,18H,2-5,13,21H2,1H3. The molecule has 1 amide bonds. The number of benzene rings is 2. The second kappa shape index (κ2) is 6.97. The van der Waals surface area contributed by atoms with E-state index in [0.717, 1.165) is 35.2 Å². The van der Waals surface area contributed by atoms with Crippen LogP contribution in [0.3, 0.4) is 0 Å². The van der Waals surface area contributed by atoms with E-state index < -0.39 is 0 Å². The highest BCUT2D eigenvalue weighted by Crippen LogP contribution is 2.41. The fourth-order valence-electron chi connectivity index (χ4n) is 3.43. The topological polar surface area (TPSA) is 46.3 Å². The van der Waals surface area contributed by atoms with Crippen LogP contribution in [0.1, 0.15) is 50.5 Å². The van der Waals surface area contributed by atoms with Crippen LogP contribution in [0.2, 0.25) is 0 Å². The minimum absolute atomic E-state index is 0.00102. The van der Waals surface area contributed by atoms with Gasteiger partial charge in [0.2, 0.25) is 5.91 Å². The lowest BCUT2D eigenvalue weighted by Crippen LogP contribution is -2.40. The van der Waals surface area contributed by atoms with Crippen LogP contribution < -0.4 is 10.9 Å². The van der Waals surface area contributed by atoms with E-state index in [-0.39, 0.29) is 11.8 Å². The molecule has 0 aliphatic carbocycles. The molecule has 1 aliphatic heterocycles. The Morgan fingerprint density at radius 3 is 2.43 bits per heavy atom.